The van der Waals surface area contributed by atoms with Crippen molar-refractivity contribution in [3.63, 3.8) is 0 Å². The van der Waals surface area contributed by atoms with Gasteiger partial charge in [0, 0.05) is 29.9 Å². The third-order valence-corrected chi connectivity index (χ3v) is 4.40. The number of nitrogens with zero attached hydrogens (tertiary/aromatic N) is 4. The molecule has 3 aromatic heterocycles. The Balaban J connectivity index is 0.000000601. The molecule has 7 N–H and O–H groups in total. The minimum absolute atomic E-state index is 0.175. The Morgan fingerprint density at radius 1 is 1.03 bits per heavy atom. The lowest BCUT2D eigenvalue weighted by molar-refractivity contribution is -0.134. The molecule has 0 fully saturated rings. The van der Waals surface area contributed by atoms with Crippen LogP contribution in [0.4, 0.5) is 23.1 Å². The van der Waals surface area contributed by atoms with Crippen LogP contribution in [-0.4, -0.2) is 47.1 Å². The van der Waals surface area contributed by atoms with Crippen LogP contribution in [0.5, 0.6) is 0 Å². The summed E-state index contributed by atoms with van der Waals surface area (Å²) in [5.41, 5.74) is 9.70. The van der Waals surface area contributed by atoms with Gasteiger partial charge in [0.05, 0.1) is 22.9 Å². The van der Waals surface area contributed by atoms with E-state index in [-0.39, 0.29) is 17.5 Å². The Labute approximate surface area is 186 Å². The number of aliphatic carboxylic acids is 1. The Morgan fingerprint density at radius 2 is 1.82 bits per heavy atom. The van der Waals surface area contributed by atoms with Crippen LogP contribution >= 0.6 is 0 Å². The fraction of sp³-hybridized carbons (Fsp3) is 0.0476. The first kappa shape index (κ1) is 21.2. The van der Waals surface area contributed by atoms with Crippen LogP contribution < -0.4 is 16.4 Å². The number of carboxylic acids is 1. The van der Waals surface area contributed by atoms with Gasteiger partial charge in [-0.2, -0.15) is 10.1 Å². The van der Waals surface area contributed by atoms with Crippen molar-refractivity contribution in [3.05, 3.63) is 60.7 Å². The number of hydrogen-bond acceptors (Lipinski definition) is 8. The van der Waals surface area contributed by atoms with Crippen LogP contribution in [0.1, 0.15) is 17.4 Å². The number of rotatable bonds is 4. The van der Waals surface area contributed by atoms with Gasteiger partial charge in [0.2, 0.25) is 5.95 Å². The van der Waals surface area contributed by atoms with E-state index in [1.54, 1.807) is 24.7 Å². The van der Waals surface area contributed by atoms with Crippen molar-refractivity contribution < 1.29 is 14.7 Å². The molecule has 5 rings (SSSR count). The Bertz CT molecular complexity index is 1450. The van der Waals surface area contributed by atoms with Gasteiger partial charge in [0.15, 0.2) is 5.69 Å². The molecule has 33 heavy (non-hydrogen) atoms. The van der Waals surface area contributed by atoms with E-state index in [0.29, 0.717) is 16.9 Å². The lowest BCUT2D eigenvalue weighted by atomic mass is 10.1. The largest absolute Gasteiger partial charge is 0.481 e. The number of nitrogens with two attached hydrogens (primary N) is 1. The fourth-order valence-electron chi connectivity index (χ4n) is 3.06. The third kappa shape index (κ3) is 5.02. The Morgan fingerprint density at radius 3 is 2.61 bits per heavy atom. The second-order valence-electron chi connectivity index (χ2n) is 6.87. The standard InChI is InChI=1S/C19H15N9O.C2H4O2/c20-19-21-6-5-16(26-19)24-10-1-3-13-12(7-10)17(28-27-13)18(29)25-11-2-4-14-15(8-11)23-9-22-14;1-2(3)4/h1-9H,(H,22,23)(H,25,29)(H,27,28)(H3,20,21,24,26);1H3,(H,3,4). The summed E-state index contributed by atoms with van der Waals surface area (Å²) < 4.78 is 0. The zero-order valence-electron chi connectivity index (χ0n) is 17.3. The molecular formula is C21H19N9O3. The summed E-state index contributed by atoms with van der Waals surface area (Å²) in [6.45, 7) is 1.08. The minimum atomic E-state index is -0.833. The van der Waals surface area contributed by atoms with Crippen LogP contribution in [0.25, 0.3) is 21.9 Å². The summed E-state index contributed by atoms with van der Waals surface area (Å²) in [7, 11) is 0. The van der Waals surface area contributed by atoms with Gasteiger partial charge in [-0.05, 0) is 42.5 Å². The monoisotopic (exact) mass is 445 g/mol. The van der Waals surface area contributed by atoms with Crippen molar-refractivity contribution in [2.24, 2.45) is 0 Å². The highest BCUT2D eigenvalue weighted by atomic mass is 16.4. The number of carbonyl (C=O) groups excluding carboxylic acids is 1. The molecule has 0 aliphatic carbocycles. The van der Waals surface area contributed by atoms with Crippen molar-refractivity contribution in [2.75, 3.05) is 16.4 Å². The second kappa shape index (κ2) is 9.01. The molecule has 0 unspecified atom stereocenters. The van der Waals surface area contributed by atoms with Crippen molar-refractivity contribution in [2.45, 2.75) is 6.92 Å². The fourth-order valence-corrected chi connectivity index (χ4v) is 3.06. The summed E-state index contributed by atoms with van der Waals surface area (Å²) in [6, 6.07) is 12.7. The van der Waals surface area contributed by atoms with E-state index in [1.165, 1.54) is 0 Å². The van der Waals surface area contributed by atoms with Gasteiger partial charge < -0.3 is 26.5 Å². The Kier molecular flexibility index (Phi) is 5.80. The van der Waals surface area contributed by atoms with E-state index in [0.717, 1.165) is 29.2 Å². The quantitative estimate of drug-likeness (QED) is 0.242. The lowest BCUT2D eigenvalue weighted by Crippen LogP contribution is -2.12. The molecule has 5 aromatic rings. The molecule has 0 spiro atoms. The molecule has 166 valence electrons. The molecule has 12 nitrogen and oxygen atoms in total. The molecule has 2 aromatic carbocycles. The molecule has 0 saturated heterocycles. The number of hydrogen-bond donors (Lipinski definition) is 6. The zero-order chi connectivity index (χ0) is 23.4. The van der Waals surface area contributed by atoms with E-state index >= 15 is 0 Å². The maximum atomic E-state index is 12.8. The van der Waals surface area contributed by atoms with Gasteiger partial charge in [-0.1, -0.05) is 0 Å². The lowest BCUT2D eigenvalue weighted by Gasteiger charge is -2.07. The average Bonchev–Trinajstić information content (AvgIpc) is 3.39. The molecule has 0 radical (unpaired) electrons. The predicted molar refractivity (Wildman–Crippen MR) is 123 cm³/mol. The number of fused-ring (bicyclic) bond motifs is 2. The number of imidazole rings is 1. The second-order valence-corrected chi connectivity index (χ2v) is 6.87. The number of amides is 1. The van der Waals surface area contributed by atoms with E-state index in [4.69, 9.17) is 15.6 Å². The number of benzene rings is 2. The number of anilines is 4. The summed E-state index contributed by atoms with van der Waals surface area (Å²) in [6.07, 6.45) is 3.17. The molecule has 3 heterocycles. The maximum Gasteiger partial charge on any atom is 0.300 e. The van der Waals surface area contributed by atoms with Crippen LogP contribution in [-0.2, 0) is 4.79 Å². The SMILES string of the molecule is CC(=O)O.Nc1nccc(Nc2ccc3[nH]nc(C(=O)Nc4ccc5nc[nH]c5c4)c3c2)n1. The molecule has 0 aliphatic heterocycles. The van der Waals surface area contributed by atoms with E-state index in [9.17, 15) is 4.79 Å². The van der Waals surface area contributed by atoms with Crippen molar-refractivity contribution in [1.82, 2.24) is 30.1 Å². The van der Waals surface area contributed by atoms with Crippen molar-refractivity contribution in [3.8, 4) is 0 Å². The van der Waals surface area contributed by atoms with Gasteiger partial charge >= 0.3 is 0 Å². The summed E-state index contributed by atoms with van der Waals surface area (Å²) in [5.74, 6) is -0.425. The predicted octanol–water partition coefficient (Wildman–Crippen LogP) is 2.90. The van der Waals surface area contributed by atoms with Gasteiger partial charge in [-0.15, -0.1) is 0 Å². The van der Waals surface area contributed by atoms with E-state index < -0.39 is 5.97 Å². The van der Waals surface area contributed by atoms with E-state index in [2.05, 4.69) is 40.8 Å². The smallest absolute Gasteiger partial charge is 0.300 e. The molecule has 0 aliphatic rings. The van der Waals surface area contributed by atoms with Crippen LogP contribution in [0.3, 0.4) is 0 Å². The van der Waals surface area contributed by atoms with Gasteiger partial charge in [-0.3, -0.25) is 14.7 Å². The van der Waals surface area contributed by atoms with E-state index in [1.807, 2.05) is 30.3 Å². The summed E-state index contributed by atoms with van der Waals surface area (Å²) in [4.78, 5) is 37.0. The molecule has 0 saturated carbocycles. The maximum absolute atomic E-state index is 12.8. The molecule has 0 atom stereocenters. The summed E-state index contributed by atoms with van der Waals surface area (Å²) in [5, 5.41) is 21.2. The number of nitrogen functional groups attached to an aromatic ring is 1. The molecule has 1 amide bonds. The van der Waals surface area contributed by atoms with Gasteiger partial charge in [-0.25, -0.2) is 9.97 Å². The zero-order valence-corrected chi connectivity index (χ0v) is 17.3. The van der Waals surface area contributed by atoms with Crippen LogP contribution in [0, 0.1) is 0 Å². The molecule has 0 bridgehead atoms. The van der Waals surface area contributed by atoms with Gasteiger partial charge in [0.1, 0.15) is 5.82 Å². The number of carboxylic acid groups (broad SMARTS) is 1. The number of aromatic nitrogens is 6. The first-order valence-electron chi connectivity index (χ1n) is 9.67. The summed E-state index contributed by atoms with van der Waals surface area (Å²) >= 11 is 0. The van der Waals surface area contributed by atoms with Crippen molar-refractivity contribution in [1.29, 1.82) is 0 Å². The average molecular weight is 445 g/mol. The van der Waals surface area contributed by atoms with Crippen molar-refractivity contribution >= 4 is 57.0 Å². The normalized spacial score (nSPS) is 10.5. The third-order valence-electron chi connectivity index (χ3n) is 4.40. The van der Waals surface area contributed by atoms with Gasteiger partial charge in [0.25, 0.3) is 11.9 Å². The number of nitrogens with one attached hydrogen (secondary N) is 4. The highest BCUT2D eigenvalue weighted by Gasteiger charge is 2.15. The number of aromatic amines is 2. The molecular weight excluding hydrogens is 426 g/mol. The van der Waals surface area contributed by atoms with Crippen LogP contribution in [0.2, 0.25) is 0 Å². The topological polar surface area (TPSA) is 188 Å². The first-order valence-corrected chi connectivity index (χ1v) is 9.67. The first-order chi connectivity index (χ1) is 15.9. The highest BCUT2D eigenvalue weighted by molar-refractivity contribution is 6.12. The highest BCUT2D eigenvalue weighted by Crippen LogP contribution is 2.24. The van der Waals surface area contributed by atoms with Crippen LogP contribution in [0.15, 0.2) is 55.0 Å². The molecule has 12 heteroatoms. The Hall–Kier alpha value is -5.00. The number of H-pyrrole nitrogens is 2. The number of carbonyl (C=O) groups is 2. The minimum Gasteiger partial charge on any atom is -0.481 e.